The number of hydrogen-bond acceptors (Lipinski definition) is 5. The average Bonchev–Trinajstić information content (AvgIpc) is 3.02. The molecule has 8 heteroatoms. The summed E-state index contributed by atoms with van der Waals surface area (Å²) in [6.07, 6.45) is 6.61. The number of hydrogen-bond donors (Lipinski definition) is 3. The number of benzene rings is 3. The smallest absolute Gasteiger partial charge is 0.319 e. The first kappa shape index (κ1) is 31.9. The monoisotopic (exact) mass is 586 g/mol. The Morgan fingerprint density at radius 2 is 1.56 bits per heavy atom. The summed E-state index contributed by atoms with van der Waals surface area (Å²) in [5.74, 6) is 1.95. The minimum atomic E-state index is -0.212. The van der Waals surface area contributed by atoms with E-state index >= 15 is 0 Å². The number of carbonyl (C=O) groups excluding carboxylic acids is 2. The second-order valence-corrected chi connectivity index (χ2v) is 11.3. The van der Waals surface area contributed by atoms with Gasteiger partial charge in [-0.2, -0.15) is 0 Å². The zero-order valence-electron chi connectivity index (χ0n) is 25.9. The fourth-order valence-electron chi connectivity index (χ4n) is 5.10. The quantitative estimate of drug-likeness (QED) is 0.177. The maximum atomic E-state index is 12.9. The van der Waals surface area contributed by atoms with Crippen LogP contribution in [0.3, 0.4) is 0 Å². The fraction of sp³-hybridized carbons (Fsp3) is 0.429. The first-order valence-electron chi connectivity index (χ1n) is 15.6. The Labute approximate surface area is 256 Å². The molecule has 0 radical (unpaired) electrons. The summed E-state index contributed by atoms with van der Waals surface area (Å²) in [4.78, 5) is 27.5. The van der Waals surface area contributed by atoms with E-state index in [-0.39, 0.29) is 18.0 Å². The summed E-state index contributed by atoms with van der Waals surface area (Å²) >= 11 is 0. The maximum Gasteiger partial charge on any atom is 0.319 e. The van der Waals surface area contributed by atoms with Crippen molar-refractivity contribution in [2.24, 2.45) is 0 Å². The van der Waals surface area contributed by atoms with E-state index in [1.165, 1.54) is 6.42 Å². The van der Waals surface area contributed by atoms with Gasteiger partial charge in [-0.05, 0) is 112 Å². The molecule has 43 heavy (non-hydrogen) atoms. The number of piperidine rings is 1. The van der Waals surface area contributed by atoms with Crippen LogP contribution >= 0.6 is 0 Å². The van der Waals surface area contributed by atoms with Crippen molar-refractivity contribution in [1.82, 2.24) is 10.2 Å². The summed E-state index contributed by atoms with van der Waals surface area (Å²) in [6.45, 7) is 11.4. The number of urea groups is 1. The lowest BCUT2D eigenvalue weighted by atomic mass is 10.0. The maximum absolute atomic E-state index is 12.9. The van der Waals surface area contributed by atoms with E-state index < -0.39 is 0 Å². The fourth-order valence-corrected chi connectivity index (χ4v) is 5.10. The van der Waals surface area contributed by atoms with Crippen molar-refractivity contribution in [2.75, 3.05) is 30.3 Å². The van der Waals surface area contributed by atoms with Gasteiger partial charge in [0.2, 0.25) is 0 Å². The van der Waals surface area contributed by atoms with Gasteiger partial charge in [0.05, 0.1) is 0 Å². The molecule has 0 saturated carbocycles. The highest BCUT2D eigenvalue weighted by atomic mass is 16.5. The van der Waals surface area contributed by atoms with Gasteiger partial charge in [0, 0.05) is 42.6 Å². The first-order valence-corrected chi connectivity index (χ1v) is 15.6. The molecule has 3 N–H and O–H groups in total. The van der Waals surface area contributed by atoms with E-state index in [9.17, 15) is 9.59 Å². The van der Waals surface area contributed by atoms with Crippen molar-refractivity contribution < 1.29 is 19.1 Å². The molecule has 4 rings (SSSR count). The van der Waals surface area contributed by atoms with Crippen molar-refractivity contribution >= 4 is 23.3 Å². The third-order valence-electron chi connectivity index (χ3n) is 7.95. The van der Waals surface area contributed by atoms with Crippen LogP contribution in [0.15, 0.2) is 66.7 Å². The average molecular weight is 587 g/mol. The van der Waals surface area contributed by atoms with Crippen molar-refractivity contribution in [3.05, 3.63) is 77.9 Å². The molecule has 1 atom stereocenters. The van der Waals surface area contributed by atoms with Crippen LogP contribution in [0.4, 0.5) is 16.2 Å². The Bertz CT molecular complexity index is 1320. The first-order chi connectivity index (χ1) is 20.8. The summed E-state index contributed by atoms with van der Waals surface area (Å²) < 4.78 is 12.2. The third kappa shape index (κ3) is 9.75. The van der Waals surface area contributed by atoms with Gasteiger partial charge in [0.15, 0.2) is 0 Å². The lowest BCUT2D eigenvalue weighted by Crippen LogP contribution is -2.42. The molecule has 1 aliphatic heterocycles. The van der Waals surface area contributed by atoms with Gasteiger partial charge in [-0.25, -0.2) is 4.79 Å². The SMILES string of the molecule is CCCCCNC(=O)Nc1ccc(Oc2ccc(NC(=O)c3ccc(OC4CCN(C(C)CC)CC4)cc3)cc2C)cc1. The number of unbranched alkanes of at least 4 members (excludes halogenated alkanes) is 2. The summed E-state index contributed by atoms with van der Waals surface area (Å²) in [5.41, 5.74) is 2.83. The summed E-state index contributed by atoms with van der Waals surface area (Å²) in [6, 6.07) is 20.5. The largest absolute Gasteiger partial charge is 0.490 e. The Balaban J connectivity index is 1.24. The number of ether oxygens (including phenoxy) is 2. The molecule has 0 aliphatic carbocycles. The molecule has 230 valence electrons. The number of likely N-dealkylation sites (tertiary alicyclic amines) is 1. The highest BCUT2D eigenvalue weighted by molar-refractivity contribution is 6.04. The normalized spacial score (nSPS) is 14.5. The molecule has 3 aromatic carbocycles. The highest BCUT2D eigenvalue weighted by Gasteiger charge is 2.23. The molecule has 3 aromatic rings. The lowest BCUT2D eigenvalue weighted by Gasteiger charge is -2.35. The van der Waals surface area contributed by atoms with Crippen LogP contribution in [0.1, 0.15) is 75.2 Å². The number of aryl methyl sites for hydroxylation is 1. The zero-order valence-corrected chi connectivity index (χ0v) is 25.9. The van der Waals surface area contributed by atoms with Crippen LogP contribution in [-0.2, 0) is 0 Å². The predicted molar refractivity (Wildman–Crippen MR) is 174 cm³/mol. The number of anilines is 2. The van der Waals surface area contributed by atoms with Gasteiger partial charge in [-0.15, -0.1) is 0 Å². The van der Waals surface area contributed by atoms with Crippen LogP contribution < -0.4 is 25.4 Å². The highest BCUT2D eigenvalue weighted by Crippen LogP contribution is 2.29. The van der Waals surface area contributed by atoms with Crippen LogP contribution in [0.5, 0.6) is 17.2 Å². The molecule has 8 nitrogen and oxygen atoms in total. The summed E-state index contributed by atoms with van der Waals surface area (Å²) in [5, 5.41) is 8.67. The van der Waals surface area contributed by atoms with E-state index in [1.54, 1.807) is 24.3 Å². The third-order valence-corrected chi connectivity index (χ3v) is 7.95. The van der Waals surface area contributed by atoms with Gasteiger partial charge in [-0.1, -0.05) is 26.7 Å². The molecule has 0 spiro atoms. The molecular formula is C35H46N4O4. The van der Waals surface area contributed by atoms with Crippen LogP contribution in [0.2, 0.25) is 0 Å². The van der Waals surface area contributed by atoms with Crippen molar-refractivity contribution in [3.63, 3.8) is 0 Å². The molecule has 1 saturated heterocycles. The van der Waals surface area contributed by atoms with E-state index in [4.69, 9.17) is 9.47 Å². The Morgan fingerprint density at radius 1 is 0.884 bits per heavy atom. The summed E-state index contributed by atoms with van der Waals surface area (Å²) in [7, 11) is 0. The second kappa shape index (κ2) is 16.0. The van der Waals surface area contributed by atoms with E-state index in [0.29, 0.717) is 41.0 Å². The standard InChI is InChI=1S/C35H46N4O4/c1-5-7-8-21-36-35(41)38-28-11-16-31(17-12-28)43-33-18-13-29(24-25(33)3)37-34(40)27-9-14-30(15-10-27)42-32-19-22-39(23-20-32)26(4)6-2/h9-18,24,26,32H,5-8,19-23H2,1-4H3,(H,37,40)(H2,36,38,41). The van der Waals surface area contributed by atoms with Gasteiger partial charge in [0.25, 0.3) is 5.91 Å². The Hall–Kier alpha value is -4.04. The molecule has 1 aliphatic rings. The van der Waals surface area contributed by atoms with Crippen LogP contribution in [0, 0.1) is 6.92 Å². The number of nitrogens with zero attached hydrogens (tertiary/aromatic N) is 1. The van der Waals surface area contributed by atoms with Gasteiger partial charge in [0.1, 0.15) is 23.4 Å². The molecule has 1 unspecified atom stereocenters. The zero-order chi connectivity index (χ0) is 30.6. The van der Waals surface area contributed by atoms with E-state index in [2.05, 4.69) is 41.6 Å². The minimum absolute atomic E-state index is 0.182. The van der Waals surface area contributed by atoms with Crippen LogP contribution in [-0.4, -0.2) is 48.6 Å². The number of carbonyl (C=O) groups is 2. The topological polar surface area (TPSA) is 91.9 Å². The van der Waals surface area contributed by atoms with Crippen molar-refractivity contribution in [1.29, 1.82) is 0 Å². The minimum Gasteiger partial charge on any atom is -0.490 e. The second-order valence-electron chi connectivity index (χ2n) is 11.3. The predicted octanol–water partition coefficient (Wildman–Crippen LogP) is 7.99. The van der Waals surface area contributed by atoms with Gasteiger partial charge in [-0.3, -0.25) is 4.79 Å². The molecular weight excluding hydrogens is 540 g/mol. The van der Waals surface area contributed by atoms with E-state index in [1.807, 2.05) is 49.4 Å². The molecule has 1 fully saturated rings. The molecule has 0 aromatic heterocycles. The molecule has 3 amide bonds. The van der Waals surface area contributed by atoms with Crippen molar-refractivity contribution in [2.45, 2.75) is 78.4 Å². The molecule has 1 heterocycles. The van der Waals surface area contributed by atoms with Crippen molar-refractivity contribution in [3.8, 4) is 17.2 Å². The van der Waals surface area contributed by atoms with E-state index in [0.717, 1.165) is 56.5 Å². The molecule has 0 bridgehead atoms. The Morgan fingerprint density at radius 3 is 2.21 bits per heavy atom. The lowest BCUT2D eigenvalue weighted by molar-refractivity contribution is 0.0788. The Kier molecular flexibility index (Phi) is 11.9. The number of nitrogens with one attached hydrogen (secondary N) is 3. The van der Waals surface area contributed by atoms with Crippen LogP contribution in [0.25, 0.3) is 0 Å². The number of rotatable bonds is 13. The number of amides is 3. The van der Waals surface area contributed by atoms with Gasteiger partial charge >= 0.3 is 6.03 Å². The van der Waals surface area contributed by atoms with Gasteiger partial charge < -0.3 is 30.3 Å².